The average molecular weight is 464 g/mol. The minimum absolute atomic E-state index is 0.0277. The Bertz CT molecular complexity index is 1280. The van der Waals surface area contributed by atoms with Gasteiger partial charge in [-0.25, -0.2) is 13.2 Å². The van der Waals surface area contributed by atoms with Gasteiger partial charge in [-0.05, 0) is 61.5 Å². The molecule has 0 fully saturated rings. The largest absolute Gasteiger partial charge is 0.452 e. The highest BCUT2D eigenvalue weighted by Gasteiger charge is 2.24. The van der Waals surface area contributed by atoms with Gasteiger partial charge in [-0.1, -0.05) is 24.3 Å². The smallest absolute Gasteiger partial charge is 0.338 e. The zero-order valence-corrected chi connectivity index (χ0v) is 18.6. The molecular weight excluding hydrogens is 442 g/mol. The summed E-state index contributed by atoms with van der Waals surface area (Å²) in [7, 11) is -3.82. The average Bonchev–Trinajstić information content (AvgIpc) is 2.83. The Morgan fingerprint density at radius 2 is 1.70 bits per heavy atom. The predicted molar refractivity (Wildman–Crippen MR) is 123 cm³/mol. The van der Waals surface area contributed by atoms with Gasteiger partial charge in [0.05, 0.1) is 27.8 Å². The number of nitrogens with one attached hydrogen (secondary N) is 1. The number of rotatable bonds is 8. The third-order valence-electron chi connectivity index (χ3n) is 4.62. The molecule has 0 aliphatic heterocycles. The van der Waals surface area contributed by atoms with Crippen LogP contribution in [0.2, 0.25) is 0 Å². The summed E-state index contributed by atoms with van der Waals surface area (Å²) in [5.41, 5.74) is 1.43. The van der Waals surface area contributed by atoms with Crippen molar-refractivity contribution < 1.29 is 22.7 Å². The molecule has 0 saturated carbocycles. The molecule has 0 radical (unpaired) electrons. The Morgan fingerprint density at radius 1 is 1.00 bits per heavy atom. The maximum Gasteiger partial charge on any atom is 0.338 e. The molecule has 0 aliphatic rings. The van der Waals surface area contributed by atoms with Gasteiger partial charge in [-0.15, -0.1) is 0 Å². The lowest BCUT2D eigenvalue weighted by Crippen LogP contribution is -2.30. The first kappa shape index (κ1) is 23.5. The van der Waals surface area contributed by atoms with Gasteiger partial charge in [0.1, 0.15) is 0 Å². The van der Waals surface area contributed by atoms with Crippen LogP contribution in [0.25, 0.3) is 0 Å². The Hall–Kier alpha value is -4.16. The fourth-order valence-corrected chi connectivity index (χ4v) is 4.53. The number of carbonyl (C=O) groups excluding carboxylic acids is 2. The SMILES string of the molecule is CCN(c1ccccc1)S(=O)(=O)c1ccc(C(=O)OCC(=O)Nc2cccc(C#N)c2)cc1. The molecule has 3 rings (SSSR count). The molecule has 0 heterocycles. The zero-order chi connectivity index (χ0) is 23.8. The molecule has 0 bridgehead atoms. The predicted octanol–water partition coefficient (Wildman–Crippen LogP) is 3.57. The first-order chi connectivity index (χ1) is 15.8. The molecule has 1 amide bonds. The summed E-state index contributed by atoms with van der Waals surface area (Å²) in [6.45, 7) is 1.44. The summed E-state index contributed by atoms with van der Waals surface area (Å²) >= 11 is 0. The van der Waals surface area contributed by atoms with Crippen LogP contribution in [0.4, 0.5) is 11.4 Å². The third-order valence-corrected chi connectivity index (χ3v) is 6.54. The number of sulfonamides is 1. The van der Waals surface area contributed by atoms with Crippen LogP contribution in [0, 0.1) is 11.3 Å². The number of anilines is 2. The number of ether oxygens (including phenoxy) is 1. The molecule has 0 aromatic heterocycles. The highest BCUT2D eigenvalue weighted by atomic mass is 32.2. The van der Waals surface area contributed by atoms with Crippen LogP contribution in [-0.2, 0) is 19.6 Å². The molecule has 8 nitrogen and oxygen atoms in total. The van der Waals surface area contributed by atoms with Crippen molar-refractivity contribution in [1.29, 1.82) is 5.26 Å². The molecule has 168 valence electrons. The number of hydrogen-bond donors (Lipinski definition) is 1. The second-order valence-electron chi connectivity index (χ2n) is 6.85. The van der Waals surface area contributed by atoms with Gasteiger partial charge in [0, 0.05) is 12.2 Å². The van der Waals surface area contributed by atoms with E-state index in [4.69, 9.17) is 10.00 Å². The Kier molecular flexibility index (Phi) is 7.43. The normalized spacial score (nSPS) is 10.7. The fourth-order valence-electron chi connectivity index (χ4n) is 3.05. The summed E-state index contributed by atoms with van der Waals surface area (Å²) in [5, 5.41) is 11.4. The van der Waals surface area contributed by atoms with Gasteiger partial charge >= 0.3 is 5.97 Å². The molecule has 33 heavy (non-hydrogen) atoms. The summed E-state index contributed by atoms with van der Waals surface area (Å²) in [5.74, 6) is -1.34. The molecule has 0 atom stereocenters. The van der Waals surface area contributed by atoms with Crippen LogP contribution < -0.4 is 9.62 Å². The number of amides is 1. The minimum atomic E-state index is -3.82. The van der Waals surface area contributed by atoms with Crippen LogP contribution >= 0.6 is 0 Å². The van der Waals surface area contributed by atoms with Gasteiger partial charge in [-0.2, -0.15) is 5.26 Å². The van der Waals surface area contributed by atoms with E-state index in [9.17, 15) is 18.0 Å². The number of hydrogen-bond acceptors (Lipinski definition) is 6. The first-order valence-electron chi connectivity index (χ1n) is 10.00. The monoisotopic (exact) mass is 463 g/mol. The fraction of sp³-hybridized carbons (Fsp3) is 0.125. The summed E-state index contributed by atoms with van der Waals surface area (Å²) < 4.78 is 32.3. The summed E-state index contributed by atoms with van der Waals surface area (Å²) in [6, 6.07) is 22.3. The van der Waals surface area contributed by atoms with Crippen molar-refractivity contribution in [2.75, 3.05) is 22.8 Å². The third kappa shape index (κ3) is 5.75. The van der Waals surface area contributed by atoms with E-state index in [1.165, 1.54) is 34.6 Å². The van der Waals surface area contributed by atoms with E-state index >= 15 is 0 Å². The quantitative estimate of drug-likeness (QED) is 0.511. The second-order valence-corrected chi connectivity index (χ2v) is 8.71. The lowest BCUT2D eigenvalue weighted by atomic mass is 10.2. The number of benzene rings is 3. The molecular formula is C24H21N3O5S. The molecule has 0 spiro atoms. The minimum Gasteiger partial charge on any atom is -0.452 e. The van der Waals surface area contributed by atoms with Crippen molar-refractivity contribution >= 4 is 33.3 Å². The van der Waals surface area contributed by atoms with Gasteiger partial charge in [0.15, 0.2) is 6.61 Å². The van der Waals surface area contributed by atoms with Crippen molar-refractivity contribution in [2.45, 2.75) is 11.8 Å². The van der Waals surface area contributed by atoms with E-state index in [1.807, 2.05) is 6.07 Å². The molecule has 3 aromatic rings. The number of para-hydroxylation sites is 1. The van der Waals surface area contributed by atoms with Crippen molar-refractivity contribution in [3.05, 3.63) is 90.0 Å². The number of esters is 1. The van der Waals surface area contributed by atoms with E-state index in [2.05, 4.69) is 5.32 Å². The number of nitrogens with zero attached hydrogens (tertiary/aromatic N) is 2. The van der Waals surface area contributed by atoms with Crippen LogP contribution in [0.15, 0.2) is 83.8 Å². The highest BCUT2D eigenvalue weighted by molar-refractivity contribution is 7.92. The molecule has 9 heteroatoms. The first-order valence-corrected chi connectivity index (χ1v) is 11.4. The lowest BCUT2D eigenvalue weighted by molar-refractivity contribution is -0.119. The van der Waals surface area contributed by atoms with Crippen LogP contribution in [-0.4, -0.2) is 33.4 Å². The van der Waals surface area contributed by atoms with Crippen LogP contribution in [0.5, 0.6) is 0 Å². The van der Waals surface area contributed by atoms with E-state index in [-0.39, 0.29) is 17.0 Å². The molecule has 0 unspecified atom stereocenters. The highest BCUT2D eigenvalue weighted by Crippen LogP contribution is 2.23. The molecule has 3 aromatic carbocycles. The van der Waals surface area contributed by atoms with E-state index in [1.54, 1.807) is 55.5 Å². The van der Waals surface area contributed by atoms with Gasteiger partial charge in [-0.3, -0.25) is 9.10 Å². The Balaban J connectivity index is 1.63. The maximum atomic E-state index is 13.0. The van der Waals surface area contributed by atoms with E-state index in [0.717, 1.165) is 0 Å². The molecule has 1 N–H and O–H groups in total. The van der Waals surface area contributed by atoms with Crippen molar-refractivity contribution in [3.8, 4) is 6.07 Å². The van der Waals surface area contributed by atoms with Gasteiger partial charge in [0.2, 0.25) is 0 Å². The number of carbonyl (C=O) groups is 2. The van der Waals surface area contributed by atoms with Crippen molar-refractivity contribution in [3.63, 3.8) is 0 Å². The Labute approximate surface area is 192 Å². The van der Waals surface area contributed by atoms with E-state index in [0.29, 0.717) is 16.9 Å². The lowest BCUT2D eigenvalue weighted by Gasteiger charge is -2.22. The van der Waals surface area contributed by atoms with Crippen molar-refractivity contribution in [2.24, 2.45) is 0 Å². The topological polar surface area (TPSA) is 117 Å². The summed E-state index contributed by atoms with van der Waals surface area (Å²) in [6.07, 6.45) is 0. The van der Waals surface area contributed by atoms with Crippen molar-refractivity contribution in [1.82, 2.24) is 0 Å². The maximum absolute atomic E-state index is 13.0. The molecule has 0 saturated heterocycles. The standard InChI is InChI=1S/C24H21N3O5S/c1-2-27(21-9-4-3-5-10-21)33(30,31)22-13-11-19(12-14-22)24(29)32-17-23(28)26-20-8-6-7-18(15-20)16-25/h3-15H,2,17H2,1H3,(H,26,28). The number of nitriles is 1. The summed E-state index contributed by atoms with van der Waals surface area (Å²) in [4.78, 5) is 24.3. The van der Waals surface area contributed by atoms with Crippen LogP contribution in [0.1, 0.15) is 22.8 Å². The van der Waals surface area contributed by atoms with Crippen LogP contribution in [0.3, 0.4) is 0 Å². The zero-order valence-electron chi connectivity index (χ0n) is 17.8. The van der Waals surface area contributed by atoms with E-state index < -0.39 is 28.5 Å². The van der Waals surface area contributed by atoms with Gasteiger partial charge < -0.3 is 10.1 Å². The van der Waals surface area contributed by atoms with Gasteiger partial charge in [0.25, 0.3) is 15.9 Å². The molecule has 0 aliphatic carbocycles. The Morgan fingerprint density at radius 3 is 2.33 bits per heavy atom. The second kappa shape index (κ2) is 10.4.